The summed E-state index contributed by atoms with van der Waals surface area (Å²) < 4.78 is 30.2. The van der Waals surface area contributed by atoms with Crippen molar-refractivity contribution in [1.29, 1.82) is 0 Å². The van der Waals surface area contributed by atoms with E-state index in [1.807, 2.05) is 18.2 Å². The highest BCUT2D eigenvalue weighted by molar-refractivity contribution is 7.91. The van der Waals surface area contributed by atoms with Crippen molar-refractivity contribution < 1.29 is 13.2 Å². The van der Waals surface area contributed by atoms with Gasteiger partial charge in [-0.1, -0.05) is 25.1 Å². The third-order valence-electron chi connectivity index (χ3n) is 7.46. The minimum Gasteiger partial charge on any atom is -0.298 e. The smallest absolute Gasteiger partial charge is 0.298 e. The van der Waals surface area contributed by atoms with E-state index in [0.29, 0.717) is 29.5 Å². The lowest BCUT2D eigenvalue weighted by Crippen LogP contribution is -2.29. The molecule has 0 amide bonds. The van der Waals surface area contributed by atoms with E-state index in [9.17, 15) is 18.0 Å². The first-order valence-corrected chi connectivity index (χ1v) is 14.0. The molecule has 8 nitrogen and oxygen atoms in total. The molecule has 1 aliphatic rings. The fourth-order valence-corrected chi connectivity index (χ4v) is 7.53. The van der Waals surface area contributed by atoms with Gasteiger partial charge < -0.3 is 0 Å². The average Bonchev–Trinajstić information content (AvgIpc) is 3.00. The van der Waals surface area contributed by atoms with Crippen molar-refractivity contribution in [2.24, 2.45) is 11.8 Å². The topological polar surface area (TPSA) is 104 Å². The molecule has 0 bridgehead atoms. The number of rotatable bonds is 6. The number of nitrogens with zero attached hydrogens (tertiary/aromatic N) is 4. The predicted octanol–water partition coefficient (Wildman–Crippen LogP) is 4.18. The van der Waals surface area contributed by atoms with E-state index < -0.39 is 9.84 Å². The number of fused-ring (bicyclic) bond motifs is 2. The van der Waals surface area contributed by atoms with Crippen LogP contribution < -0.4 is 5.69 Å². The van der Waals surface area contributed by atoms with E-state index in [1.54, 1.807) is 41.2 Å². The fourth-order valence-electron chi connectivity index (χ4n) is 5.54. The van der Waals surface area contributed by atoms with Crippen LogP contribution in [-0.2, 0) is 21.2 Å². The molecular weight excluding hydrogens is 476 g/mol. The van der Waals surface area contributed by atoms with Crippen LogP contribution in [0.3, 0.4) is 0 Å². The van der Waals surface area contributed by atoms with Gasteiger partial charge in [0.15, 0.2) is 15.5 Å². The van der Waals surface area contributed by atoms with Gasteiger partial charge in [0.1, 0.15) is 5.78 Å². The number of carbonyl (C=O) groups is 1. The van der Waals surface area contributed by atoms with Crippen LogP contribution in [0.1, 0.15) is 45.6 Å². The lowest BCUT2D eigenvalue weighted by Gasteiger charge is -2.21. The summed E-state index contributed by atoms with van der Waals surface area (Å²) in [6.45, 7) is 3.58. The van der Waals surface area contributed by atoms with Crippen molar-refractivity contribution in [2.75, 3.05) is 5.75 Å². The minimum absolute atomic E-state index is 0.0110. The van der Waals surface area contributed by atoms with E-state index in [4.69, 9.17) is 0 Å². The minimum atomic E-state index is -3.55. The Morgan fingerprint density at radius 2 is 1.72 bits per heavy atom. The van der Waals surface area contributed by atoms with E-state index in [0.717, 1.165) is 18.2 Å². The van der Waals surface area contributed by atoms with Crippen LogP contribution in [0.15, 0.2) is 64.5 Å². The summed E-state index contributed by atoms with van der Waals surface area (Å²) in [4.78, 5) is 34.3. The second kappa shape index (κ2) is 9.61. The predicted molar refractivity (Wildman–Crippen MR) is 139 cm³/mol. The molecule has 0 spiro atoms. The third kappa shape index (κ3) is 4.48. The zero-order valence-corrected chi connectivity index (χ0v) is 21.3. The monoisotopic (exact) mass is 506 g/mol. The molecule has 0 radical (unpaired) electrons. The zero-order chi connectivity index (χ0) is 25.4. The summed E-state index contributed by atoms with van der Waals surface area (Å²) in [5.41, 5.74) is 1.51. The summed E-state index contributed by atoms with van der Waals surface area (Å²) in [6, 6.07) is 12.4. The van der Waals surface area contributed by atoms with Crippen molar-refractivity contribution in [2.45, 2.75) is 57.0 Å². The second-order valence-corrected chi connectivity index (χ2v) is 11.9. The van der Waals surface area contributed by atoms with Crippen LogP contribution in [-0.4, -0.2) is 39.1 Å². The maximum atomic E-state index is 13.5. The number of Topliss-reactive ketones (excluding diaryl/α,β-unsaturated/α-hetero) is 1. The molecule has 36 heavy (non-hydrogen) atoms. The van der Waals surface area contributed by atoms with Gasteiger partial charge in [-0.25, -0.2) is 18.2 Å². The highest BCUT2D eigenvalue weighted by Gasteiger charge is 2.32. The molecule has 1 aromatic carbocycles. The molecule has 1 fully saturated rings. The lowest BCUT2D eigenvalue weighted by molar-refractivity contribution is -0.117. The van der Waals surface area contributed by atoms with E-state index in [1.165, 1.54) is 11.5 Å². The van der Waals surface area contributed by atoms with Gasteiger partial charge >= 0.3 is 5.69 Å². The van der Waals surface area contributed by atoms with Gasteiger partial charge in [0.2, 0.25) is 0 Å². The molecule has 0 aliphatic heterocycles. The van der Waals surface area contributed by atoms with E-state index in [-0.39, 0.29) is 46.5 Å². The summed E-state index contributed by atoms with van der Waals surface area (Å²) in [5.74, 6) is 0.105. The SMILES string of the molecule is CC(=O)Cn1c(=O)n(C2CCC(C)C(CS(=O)(=O)c3cccc4cccnc34)CC2)c2ncccc21. The molecule has 0 saturated heterocycles. The quantitative estimate of drug-likeness (QED) is 0.364. The Morgan fingerprint density at radius 3 is 2.53 bits per heavy atom. The van der Waals surface area contributed by atoms with Crippen molar-refractivity contribution >= 4 is 37.7 Å². The largest absolute Gasteiger partial charge is 0.331 e. The molecule has 3 unspecified atom stereocenters. The summed E-state index contributed by atoms with van der Waals surface area (Å²) in [5, 5.41) is 0.807. The molecule has 5 rings (SSSR count). The van der Waals surface area contributed by atoms with Crippen LogP contribution >= 0.6 is 0 Å². The Hall–Kier alpha value is -3.33. The second-order valence-electron chi connectivity index (χ2n) is 9.95. The molecule has 4 aromatic rings. The number of sulfone groups is 1. The maximum absolute atomic E-state index is 13.5. The molecule has 3 aromatic heterocycles. The first-order valence-electron chi connectivity index (χ1n) is 12.4. The Kier molecular flexibility index (Phi) is 6.51. The van der Waals surface area contributed by atoms with E-state index in [2.05, 4.69) is 16.9 Å². The van der Waals surface area contributed by atoms with Crippen LogP contribution in [0.2, 0.25) is 0 Å². The van der Waals surface area contributed by atoms with Gasteiger partial charge in [0.05, 0.1) is 28.2 Å². The molecule has 3 heterocycles. The molecule has 1 aliphatic carbocycles. The lowest BCUT2D eigenvalue weighted by atomic mass is 9.91. The van der Waals surface area contributed by atoms with Gasteiger partial charge in [-0.3, -0.25) is 18.9 Å². The molecule has 3 atom stereocenters. The van der Waals surface area contributed by atoms with Crippen LogP contribution in [0.4, 0.5) is 0 Å². The Bertz CT molecular complexity index is 1600. The van der Waals surface area contributed by atoms with Gasteiger partial charge in [0.25, 0.3) is 0 Å². The summed E-state index contributed by atoms with van der Waals surface area (Å²) in [7, 11) is -3.55. The van der Waals surface area contributed by atoms with Crippen molar-refractivity contribution in [3.05, 3.63) is 65.3 Å². The molecule has 1 saturated carbocycles. The summed E-state index contributed by atoms with van der Waals surface area (Å²) >= 11 is 0. The van der Waals surface area contributed by atoms with Crippen molar-refractivity contribution in [3.8, 4) is 0 Å². The van der Waals surface area contributed by atoms with Gasteiger partial charge in [-0.2, -0.15) is 0 Å². The zero-order valence-electron chi connectivity index (χ0n) is 20.5. The maximum Gasteiger partial charge on any atom is 0.331 e. The van der Waals surface area contributed by atoms with Crippen LogP contribution in [0.5, 0.6) is 0 Å². The Labute approximate surface area is 209 Å². The number of carbonyl (C=O) groups excluding carboxylic acids is 1. The van der Waals surface area contributed by atoms with Crippen LogP contribution in [0.25, 0.3) is 22.1 Å². The number of benzene rings is 1. The van der Waals surface area contributed by atoms with Crippen molar-refractivity contribution in [3.63, 3.8) is 0 Å². The third-order valence-corrected chi connectivity index (χ3v) is 9.33. The number of hydrogen-bond donors (Lipinski definition) is 0. The molecule has 9 heteroatoms. The van der Waals surface area contributed by atoms with E-state index >= 15 is 0 Å². The average molecular weight is 507 g/mol. The number of imidazole rings is 1. The molecule has 188 valence electrons. The van der Waals surface area contributed by atoms with Crippen molar-refractivity contribution in [1.82, 2.24) is 19.1 Å². The number of hydrogen-bond acceptors (Lipinski definition) is 6. The van der Waals surface area contributed by atoms with Gasteiger partial charge in [0, 0.05) is 23.8 Å². The van der Waals surface area contributed by atoms with Gasteiger partial charge in [-0.05, 0) is 68.7 Å². The fraction of sp³-hybridized carbons (Fsp3) is 0.407. The highest BCUT2D eigenvalue weighted by Crippen LogP contribution is 2.37. The van der Waals surface area contributed by atoms with Crippen LogP contribution in [0, 0.1) is 11.8 Å². The van der Waals surface area contributed by atoms with Gasteiger partial charge in [-0.15, -0.1) is 0 Å². The number of para-hydroxylation sites is 1. The first-order chi connectivity index (χ1) is 17.3. The molecule has 0 N–H and O–H groups in total. The molecular formula is C27H30N4O4S. The summed E-state index contributed by atoms with van der Waals surface area (Å²) in [6.07, 6.45) is 6.19. The Morgan fingerprint density at radius 1 is 1.00 bits per heavy atom. The normalized spacial score (nSPS) is 21.0. The Balaban J connectivity index is 1.43. The standard InChI is InChI=1S/C27H30N4O4S/c1-18-10-12-22(31-26-23(8-5-15-29-26)30(27(31)33)16-19(2)32)13-11-21(18)17-36(34,35)24-9-3-6-20-7-4-14-28-25(20)24/h3-9,14-15,18,21-22H,10-13,16-17H2,1-2H3. The number of aromatic nitrogens is 4. The number of pyridine rings is 2. The first kappa shape index (κ1) is 24.4. The highest BCUT2D eigenvalue weighted by atomic mass is 32.2. The number of ketones is 1.